The van der Waals surface area contributed by atoms with Gasteiger partial charge in [-0.25, -0.2) is 4.98 Å². The van der Waals surface area contributed by atoms with Crippen LogP contribution in [0.2, 0.25) is 0 Å². The minimum absolute atomic E-state index is 0.766. The van der Waals surface area contributed by atoms with Gasteiger partial charge in [0.1, 0.15) is 11.2 Å². The molecule has 0 unspecified atom stereocenters. The molecule has 0 saturated heterocycles. The molecule has 9 rings (SSSR count). The van der Waals surface area contributed by atoms with Crippen molar-refractivity contribution in [2.75, 3.05) is 0 Å². The number of hydrogen-bond donors (Lipinski definition) is 0. The van der Waals surface area contributed by atoms with Crippen LogP contribution < -0.4 is 0 Å². The molecule has 0 bridgehead atoms. The van der Waals surface area contributed by atoms with E-state index in [0.717, 1.165) is 89.4 Å². The topological polar surface area (TPSA) is 64.7 Å². The molecule has 9 aromatic rings. The summed E-state index contributed by atoms with van der Waals surface area (Å²) < 4.78 is 6.66. The van der Waals surface area contributed by atoms with Gasteiger partial charge >= 0.3 is 0 Å². The SMILES string of the molecule is c1ccc(-c2cc(-c3ccccc3)c3oc4cccc(-c5ccc(-c6cc(-c7ccccn7)nc(-c7ccccn7)c6)nc5)c4c3c2)cc1. The van der Waals surface area contributed by atoms with Gasteiger partial charge in [0, 0.05) is 46.1 Å². The summed E-state index contributed by atoms with van der Waals surface area (Å²) in [7, 11) is 0. The van der Waals surface area contributed by atoms with E-state index in [2.05, 4.69) is 94.9 Å². The highest BCUT2D eigenvalue weighted by Crippen LogP contribution is 2.43. The Balaban J connectivity index is 1.19. The van der Waals surface area contributed by atoms with Crippen LogP contribution in [0, 0.1) is 0 Å². The number of rotatable bonds is 6. The molecule has 0 aliphatic rings. The molecule has 5 heterocycles. The third-order valence-electron chi connectivity index (χ3n) is 8.84. The number of furan rings is 1. The Morgan fingerprint density at radius 2 is 1.06 bits per heavy atom. The maximum Gasteiger partial charge on any atom is 0.143 e. The highest BCUT2D eigenvalue weighted by molar-refractivity contribution is 6.16. The second-order valence-corrected chi connectivity index (χ2v) is 11.9. The summed E-state index contributed by atoms with van der Waals surface area (Å²) in [5, 5.41) is 2.14. The summed E-state index contributed by atoms with van der Waals surface area (Å²) in [5.74, 6) is 0. The molecule has 49 heavy (non-hydrogen) atoms. The molecule has 0 saturated carbocycles. The van der Waals surface area contributed by atoms with E-state index in [1.165, 1.54) is 0 Å². The number of pyridine rings is 4. The first-order chi connectivity index (χ1) is 24.3. The predicted octanol–water partition coefficient (Wildman–Crippen LogP) is 11.2. The van der Waals surface area contributed by atoms with Gasteiger partial charge < -0.3 is 4.42 Å². The summed E-state index contributed by atoms with van der Waals surface area (Å²) in [5.41, 5.74) is 13.2. The molecule has 5 aromatic heterocycles. The Labute approximate surface area is 283 Å². The fraction of sp³-hybridized carbons (Fsp3) is 0. The molecular weight excluding hydrogens is 601 g/mol. The highest BCUT2D eigenvalue weighted by Gasteiger charge is 2.19. The molecule has 0 aliphatic heterocycles. The van der Waals surface area contributed by atoms with Gasteiger partial charge in [-0.1, -0.05) is 91.0 Å². The van der Waals surface area contributed by atoms with Crippen LogP contribution in [0.5, 0.6) is 0 Å². The van der Waals surface area contributed by atoms with Crippen LogP contribution in [0.15, 0.2) is 175 Å². The van der Waals surface area contributed by atoms with E-state index in [9.17, 15) is 0 Å². The average Bonchev–Trinajstić information content (AvgIpc) is 3.58. The summed E-state index contributed by atoms with van der Waals surface area (Å²) in [6, 6.07) is 51.7. The normalized spacial score (nSPS) is 11.3. The van der Waals surface area contributed by atoms with Crippen LogP contribution in [-0.4, -0.2) is 19.9 Å². The van der Waals surface area contributed by atoms with Crippen LogP contribution in [0.25, 0.3) is 89.4 Å². The Morgan fingerprint density at radius 3 is 1.69 bits per heavy atom. The molecular formula is C44H28N4O. The molecule has 0 fully saturated rings. The van der Waals surface area contributed by atoms with Gasteiger partial charge in [-0.05, 0) is 82.9 Å². The molecule has 230 valence electrons. The number of aromatic nitrogens is 4. The minimum atomic E-state index is 0.766. The lowest BCUT2D eigenvalue weighted by molar-refractivity contribution is 0.670. The van der Waals surface area contributed by atoms with Crippen LogP contribution in [0.3, 0.4) is 0 Å². The van der Waals surface area contributed by atoms with Crippen molar-refractivity contribution in [1.82, 2.24) is 19.9 Å². The lowest BCUT2D eigenvalue weighted by Crippen LogP contribution is -1.95. The molecule has 0 N–H and O–H groups in total. The zero-order chi connectivity index (χ0) is 32.6. The van der Waals surface area contributed by atoms with Crippen molar-refractivity contribution < 1.29 is 4.42 Å². The summed E-state index contributed by atoms with van der Waals surface area (Å²) in [6.45, 7) is 0. The minimum Gasteiger partial charge on any atom is -0.455 e. The summed E-state index contributed by atoms with van der Waals surface area (Å²) in [6.07, 6.45) is 5.51. The van der Waals surface area contributed by atoms with E-state index in [1.54, 1.807) is 12.4 Å². The van der Waals surface area contributed by atoms with Gasteiger partial charge in [-0.15, -0.1) is 0 Å². The average molecular weight is 629 g/mol. The van der Waals surface area contributed by atoms with Gasteiger partial charge in [0.15, 0.2) is 0 Å². The largest absolute Gasteiger partial charge is 0.455 e. The zero-order valence-corrected chi connectivity index (χ0v) is 26.4. The van der Waals surface area contributed by atoms with Gasteiger partial charge in [0.25, 0.3) is 0 Å². The lowest BCUT2D eigenvalue weighted by Gasteiger charge is -2.10. The first-order valence-electron chi connectivity index (χ1n) is 16.2. The molecule has 4 aromatic carbocycles. The highest BCUT2D eigenvalue weighted by atomic mass is 16.3. The Bertz CT molecular complexity index is 2510. The summed E-state index contributed by atoms with van der Waals surface area (Å²) >= 11 is 0. The molecule has 5 heteroatoms. The van der Waals surface area contributed by atoms with Crippen molar-refractivity contribution in [3.05, 3.63) is 170 Å². The number of nitrogens with zero attached hydrogens (tertiary/aromatic N) is 4. The number of fused-ring (bicyclic) bond motifs is 3. The van der Waals surface area contributed by atoms with Crippen molar-refractivity contribution in [2.45, 2.75) is 0 Å². The van der Waals surface area contributed by atoms with Crippen LogP contribution in [0.1, 0.15) is 0 Å². The molecule has 0 aliphatic carbocycles. The monoisotopic (exact) mass is 628 g/mol. The van der Waals surface area contributed by atoms with Gasteiger partial charge in [0.05, 0.1) is 28.5 Å². The fourth-order valence-corrected chi connectivity index (χ4v) is 6.49. The van der Waals surface area contributed by atoms with Crippen molar-refractivity contribution in [3.8, 4) is 67.4 Å². The van der Waals surface area contributed by atoms with E-state index >= 15 is 0 Å². The smallest absolute Gasteiger partial charge is 0.143 e. The Kier molecular flexibility index (Phi) is 7.06. The number of benzene rings is 4. The molecule has 0 atom stereocenters. The maximum atomic E-state index is 6.66. The van der Waals surface area contributed by atoms with E-state index in [4.69, 9.17) is 14.4 Å². The van der Waals surface area contributed by atoms with Crippen LogP contribution in [0.4, 0.5) is 0 Å². The van der Waals surface area contributed by atoms with Crippen LogP contribution in [-0.2, 0) is 0 Å². The maximum absolute atomic E-state index is 6.66. The van der Waals surface area contributed by atoms with Crippen molar-refractivity contribution in [3.63, 3.8) is 0 Å². The second kappa shape index (κ2) is 12.1. The quantitative estimate of drug-likeness (QED) is 0.183. The van der Waals surface area contributed by atoms with Crippen molar-refractivity contribution in [2.24, 2.45) is 0 Å². The lowest BCUT2D eigenvalue weighted by atomic mass is 9.94. The van der Waals surface area contributed by atoms with Gasteiger partial charge in [0.2, 0.25) is 0 Å². The standard InChI is InChI=1S/C44H28N4O/c1-3-12-29(13-4-1)32-24-35(30-14-5-2-6-15-30)44-36(25-32)43-34(16-11-19-42(43)49-44)31-20-21-37(47-28-31)33-26-40(38-17-7-9-22-45-38)48-41(27-33)39-18-8-10-23-46-39/h1-28H. The zero-order valence-electron chi connectivity index (χ0n) is 26.4. The first kappa shape index (κ1) is 28.5. The predicted molar refractivity (Wildman–Crippen MR) is 198 cm³/mol. The second-order valence-electron chi connectivity index (χ2n) is 11.9. The van der Waals surface area contributed by atoms with E-state index < -0.39 is 0 Å². The number of hydrogen-bond acceptors (Lipinski definition) is 5. The van der Waals surface area contributed by atoms with Crippen molar-refractivity contribution in [1.29, 1.82) is 0 Å². The summed E-state index contributed by atoms with van der Waals surface area (Å²) in [4.78, 5) is 19.0. The van der Waals surface area contributed by atoms with Gasteiger partial charge in [-0.3, -0.25) is 15.0 Å². The Morgan fingerprint density at radius 1 is 0.388 bits per heavy atom. The first-order valence-corrected chi connectivity index (χ1v) is 16.2. The van der Waals surface area contributed by atoms with Crippen molar-refractivity contribution >= 4 is 21.9 Å². The third kappa shape index (κ3) is 5.33. The third-order valence-corrected chi connectivity index (χ3v) is 8.84. The molecule has 0 radical (unpaired) electrons. The fourth-order valence-electron chi connectivity index (χ4n) is 6.49. The molecule has 5 nitrogen and oxygen atoms in total. The van der Waals surface area contributed by atoms with E-state index in [1.807, 2.05) is 72.9 Å². The van der Waals surface area contributed by atoms with Crippen LogP contribution >= 0.6 is 0 Å². The molecule has 0 spiro atoms. The Hall–Kier alpha value is -6.72. The molecule has 0 amide bonds. The van der Waals surface area contributed by atoms with E-state index in [0.29, 0.717) is 0 Å². The van der Waals surface area contributed by atoms with E-state index in [-0.39, 0.29) is 0 Å². The van der Waals surface area contributed by atoms with Gasteiger partial charge in [-0.2, -0.15) is 0 Å².